The van der Waals surface area contributed by atoms with E-state index in [0.29, 0.717) is 8.95 Å². The molecule has 1 heterocycles. The predicted molar refractivity (Wildman–Crippen MR) is 97.1 cm³/mol. The number of nitro benzene ring substituents is 1. The number of hydrogen-bond acceptors (Lipinski definition) is 7. The first kappa shape index (κ1) is 18.4. The predicted octanol–water partition coefficient (Wildman–Crippen LogP) is 2.52. The molecular formula is C12H9Br2N5O4S. The summed E-state index contributed by atoms with van der Waals surface area (Å²) >= 11 is 7.28. The molecule has 0 aliphatic rings. The van der Waals surface area contributed by atoms with Crippen molar-refractivity contribution in [2.24, 2.45) is 0 Å². The Kier molecular flexibility index (Phi) is 5.96. The number of anilines is 2. The lowest BCUT2D eigenvalue weighted by atomic mass is 10.2. The maximum absolute atomic E-state index is 12.0. The number of hydrogen-bond donors (Lipinski definition) is 3. The van der Waals surface area contributed by atoms with E-state index in [1.807, 2.05) is 0 Å². The number of thioether (sulfide) groups is 1. The molecule has 24 heavy (non-hydrogen) atoms. The van der Waals surface area contributed by atoms with Gasteiger partial charge in [0, 0.05) is 21.1 Å². The SMILES string of the molecule is Nc1cc(=O)[nH]c(SCC(=O)Nc2c(Br)cc(Br)cc2[N+](=O)[O-])n1. The van der Waals surface area contributed by atoms with E-state index in [2.05, 4.69) is 47.1 Å². The monoisotopic (exact) mass is 477 g/mol. The van der Waals surface area contributed by atoms with Gasteiger partial charge in [0.05, 0.1) is 10.7 Å². The number of aromatic amines is 1. The summed E-state index contributed by atoms with van der Waals surface area (Å²) in [5.41, 5.74) is 4.80. The van der Waals surface area contributed by atoms with Crippen molar-refractivity contribution in [3.05, 3.63) is 47.6 Å². The quantitative estimate of drug-likeness (QED) is 0.259. The van der Waals surface area contributed by atoms with Gasteiger partial charge in [-0.25, -0.2) is 4.98 Å². The normalized spacial score (nSPS) is 10.4. The molecule has 0 saturated carbocycles. The highest BCUT2D eigenvalue weighted by Gasteiger charge is 2.20. The van der Waals surface area contributed by atoms with E-state index in [4.69, 9.17) is 5.73 Å². The molecule has 0 radical (unpaired) electrons. The smallest absolute Gasteiger partial charge is 0.295 e. The van der Waals surface area contributed by atoms with E-state index in [9.17, 15) is 19.7 Å². The van der Waals surface area contributed by atoms with Crippen LogP contribution in [0.4, 0.5) is 17.2 Å². The van der Waals surface area contributed by atoms with E-state index in [1.54, 1.807) is 6.07 Å². The van der Waals surface area contributed by atoms with Crippen molar-refractivity contribution in [3.63, 3.8) is 0 Å². The molecule has 1 amide bonds. The number of rotatable bonds is 5. The number of nitrogen functional groups attached to an aromatic ring is 1. The van der Waals surface area contributed by atoms with Gasteiger partial charge in [0.25, 0.3) is 11.2 Å². The molecule has 0 fully saturated rings. The van der Waals surface area contributed by atoms with Crippen LogP contribution in [-0.4, -0.2) is 26.6 Å². The third-order valence-electron chi connectivity index (χ3n) is 2.58. The lowest BCUT2D eigenvalue weighted by Crippen LogP contribution is -2.17. The molecule has 12 heteroatoms. The van der Waals surface area contributed by atoms with Gasteiger partial charge >= 0.3 is 0 Å². The van der Waals surface area contributed by atoms with Gasteiger partial charge in [0.2, 0.25) is 5.91 Å². The van der Waals surface area contributed by atoms with Crippen LogP contribution in [0.3, 0.4) is 0 Å². The summed E-state index contributed by atoms with van der Waals surface area (Å²) in [4.78, 5) is 40.1. The Morgan fingerprint density at radius 3 is 2.75 bits per heavy atom. The summed E-state index contributed by atoms with van der Waals surface area (Å²) in [5.74, 6) is -0.587. The number of amides is 1. The number of nitrogens with zero attached hydrogens (tertiary/aromatic N) is 2. The van der Waals surface area contributed by atoms with Crippen molar-refractivity contribution < 1.29 is 9.72 Å². The average molecular weight is 479 g/mol. The fraction of sp³-hybridized carbons (Fsp3) is 0.0833. The summed E-state index contributed by atoms with van der Waals surface area (Å²) < 4.78 is 0.854. The van der Waals surface area contributed by atoms with E-state index in [1.165, 1.54) is 6.07 Å². The first-order valence-electron chi connectivity index (χ1n) is 6.19. The third kappa shape index (κ3) is 4.79. The summed E-state index contributed by atoms with van der Waals surface area (Å²) in [6, 6.07) is 3.98. The maximum Gasteiger partial charge on any atom is 0.295 e. The number of H-pyrrole nitrogens is 1. The average Bonchev–Trinajstić information content (AvgIpc) is 2.46. The molecule has 0 unspecified atom stereocenters. The number of nitrogens with two attached hydrogens (primary N) is 1. The van der Waals surface area contributed by atoms with E-state index in [0.717, 1.165) is 17.8 Å². The van der Waals surface area contributed by atoms with Crippen LogP contribution in [0.25, 0.3) is 0 Å². The number of carbonyl (C=O) groups excluding carboxylic acids is 1. The second kappa shape index (κ2) is 7.77. The number of aromatic nitrogens is 2. The third-order valence-corrected chi connectivity index (χ3v) is 4.53. The van der Waals surface area contributed by atoms with Crippen molar-refractivity contribution in [1.29, 1.82) is 0 Å². The minimum atomic E-state index is -0.602. The zero-order valence-electron chi connectivity index (χ0n) is 11.7. The van der Waals surface area contributed by atoms with Crippen LogP contribution in [0.15, 0.2) is 37.1 Å². The van der Waals surface area contributed by atoms with Crippen molar-refractivity contribution in [2.75, 3.05) is 16.8 Å². The standard InChI is InChI=1S/C12H9Br2N5O4S/c13-5-1-6(14)11(7(2-5)19(22)23)17-10(21)4-24-12-16-8(15)3-9(20)18-12/h1-3H,4H2,(H,17,21)(H3,15,16,18,20). The first-order chi connectivity index (χ1) is 11.3. The maximum atomic E-state index is 12.0. The molecule has 0 atom stereocenters. The zero-order chi connectivity index (χ0) is 17.9. The highest BCUT2D eigenvalue weighted by atomic mass is 79.9. The van der Waals surface area contributed by atoms with Gasteiger partial charge in [-0.1, -0.05) is 27.7 Å². The largest absolute Gasteiger partial charge is 0.383 e. The summed E-state index contributed by atoms with van der Waals surface area (Å²) in [7, 11) is 0. The Balaban J connectivity index is 2.13. The molecule has 0 saturated heterocycles. The molecule has 2 aromatic rings. The lowest BCUT2D eigenvalue weighted by Gasteiger charge is -2.08. The lowest BCUT2D eigenvalue weighted by molar-refractivity contribution is -0.384. The van der Waals surface area contributed by atoms with Gasteiger partial charge < -0.3 is 16.0 Å². The van der Waals surface area contributed by atoms with Gasteiger partial charge in [0.1, 0.15) is 11.5 Å². The van der Waals surface area contributed by atoms with Crippen LogP contribution in [0.5, 0.6) is 0 Å². The van der Waals surface area contributed by atoms with Crippen molar-refractivity contribution in [2.45, 2.75) is 5.16 Å². The molecule has 1 aromatic carbocycles. The minimum absolute atomic E-state index is 0.0351. The Bertz CT molecular complexity index is 873. The van der Waals surface area contributed by atoms with Crippen LogP contribution >= 0.6 is 43.6 Å². The van der Waals surface area contributed by atoms with Crippen LogP contribution in [-0.2, 0) is 4.79 Å². The highest BCUT2D eigenvalue weighted by molar-refractivity contribution is 9.11. The summed E-state index contributed by atoms with van der Waals surface area (Å²) in [6.07, 6.45) is 0. The van der Waals surface area contributed by atoms with Crippen molar-refractivity contribution >= 4 is 66.7 Å². The topological polar surface area (TPSA) is 144 Å². The second-order valence-corrected chi connectivity index (χ2v) is 7.09. The van der Waals surface area contributed by atoms with Crippen LogP contribution in [0, 0.1) is 10.1 Å². The Morgan fingerprint density at radius 1 is 1.42 bits per heavy atom. The second-order valence-electron chi connectivity index (χ2n) is 4.35. The number of nitro groups is 1. The minimum Gasteiger partial charge on any atom is -0.383 e. The van der Waals surface area contributed by atoms with Gasteiger partial charge in [0.15, 0.2) is 5.16 Å². The fourth-order valence-electron chi connectivity index (χ4n) is 1.66. The van der Waals surface area contributed by atoms with Gasteiger partial charge in [-0.15, -0.1) is 0 Å². The molecule has 0 spiro atoms. The fourth-order valence-corrected chi connectivity index (χ4v) is 3.64. The molecule has 1 aromatic heterocycles. The van der Waals surface area contributed by atoms with Crippen LogP contribution in [0.2, 0.25) is 0 Å². The van der Waals surface area contributed by atoms with Gasteiger partial charge in [-0.3, -0.25) is 19.7 Å². The Hall–Kier alpha value is -1.92. The van der Waals surface area contributed by atoms with Gasteiger partial charge in [-0.2, -0.15) is 0 Å². The summed E-state index contributed by atoms with van der Waals surface area (Å²) in [5, 5.41) is 13.8. The molecule has 0 bridgehead atoms. The van der Waals surface area contributed by atoms with E-state index in [-0.39, 0.29) is 28.1 Å². The Morgan fingerprint density at radius 2 is 2.12 bits per heavy atom. The number of halogens is 2. The van der Waals surface area contributed by atoms with E-state index >= 15 is 0 Å². The first-order valence-corrected chi connectivity index (χ1v) is 8.76. The molecule has 4 N–H and O–H groups in total. The van der Waals surface area contributed by atoms with Crippen molar-refractivity contribution in [3.8, 4) is 0 Å². The zero-order valence-corrected chi connectivity index (χ0v) is 15.7. The van der Waals surface area contributed by atoms with Crippen LogP contribution in [0.1, 0.15) is 0 Å². The number of nitrogens with one attached hydrogen (secondary N) is 2. The Labute approximate surface area is 155 Å². The van der Waals surface area contributed by atoms with Crippen LogP contribution < -0.4 is 16.6 Å². The molecular weight excluding hydrogens is 470 g/mol. The molecule has 126 valence electrons. The molecule has 2 rings (SSSR count). The van der Waals surface area contributed by atoms with Gasteiger partial charge in [-0.05, 0) is 22.0 Å². The molecule has 0 aliphatic heterocycles. The number of benzene rings is 1. The summed E-state index contributed by atoms with van der Waals surface area (Å²) in [6.45, 7) is 0. The van der Waals surface area contributed by atoms with Crippen molar-refractivity contribution in [1.82, 2.24) is 9.97 Å². The number of carbonyl (C=O) groups is 1. The highest BCUT2D eigenvalue weighted by Crippen LogP contribution is 2.36. The van der Waals surface area contributed by atoms with E-state index < -0.39 is 16.4 Å². The molecule has 9 nitrogen and oxygen atoms in total. The molecule has 0 aliphatic carbocycles.